The van der Waals surface area contributed by atoms with Crippen molar-refractivity contribution in [2.45, 2.75) is 26.2 Å². The molecule has 0 atom stereocenters. The molecule has 0 aliphatic heterocycles. The van der Waals surface area contributed by atoms with Crippen molar-refractivity contribution in [2.24, 2.45) is 7.05 Å². The third kappa shape index (κ3) is 3.61. The molecule has 5 aromatic rings. The highest BCUT2D eigenvalue weighted by Gasteiger charge is 2.21. The number of benzene rings is 2. The Morgan fingerprint density at radius 1 is 1.06 bits per heavy atom. The lowest BCUT2D eigenvalue weighted by Gasteiger charge is -2.13. The van der Waals surface area contributed by atoms with Crippen molar-refractivity contribution in [3.05, 3.63) is 70.1 Å². The molecule has 0 saturated heterocycles. The fourth-order valence-corrected chi connectivity index (χ4v) is 3.88. The Labute approximate surface area is 195 Å². The van der Waals surface area contributed by atoms with Crippen LogP contribution in [-0.4, -0.2) is 30.6 Å². The average Bonchev–Trinajstić information content (AvgIpc) is 3.32. The van der Waals surface area contributed by atoms with E-state index in [4.69, 9.17) is 5.73 Å². The minimum atomic E-state index is -0.346. The minimum absolute atomic E-state index is 0.135. The van der Waals surface area contributed by atoms with Gasteiger partial charge in [0, 0.05) is 35.0 Å². The van der Waals surface area contributed by atoms with Gasteiger partial charge < -0.3 is 21.0 Å². The summed E-state index contributed by atoms with van der Waals surface area (Å²) in [5.41, 5.74) is 10.2. The van der Waals surface area contributed by atoms with Crippen molar-refractivity contribution in [2.75, 3.05) is 11.1 Å². The van der Waals surface area contributed by atoms with E-state index in [1.165, 1.54) is 0 Å². The molecule has 34 heavy (non-hydrogen) atoms. The predicted octanol–water partition coefficient (Wildman–Crippen LogP) is 3.94. The van der Waals surface area contributed by atoms with E-state index in [-0.39, 0.29) is 22.6 Å². The van der Waals surface area contributed by atoms with Crippen LogP contribution >= 0.6 is 0 Å². The number of hydrogen-bond donors (Lipinski definition) is 4. The Hall–Kier alpha value is -4.40. The predicted molar refractivity (Wildman–Crippen MR) is 134 cm³/mol. The smallest absolute Gasteiger partial charge is 0.276 e. The highest BCUT2D eigenvalue weighted by molar-refractivity contribution is 6.08. The third-order valence-electron chi connectivity index (χ3n) is 5.83. The zero-order chi connectivity index (χ0) is 24.2. The van der Waals surface area contributed by atoms with E-state index in [9.17, 15) is 9.59 Å². The number of H-pyrrole nitrogens is 2. The number of amides is 1. The standard InChI is InChI=1S/C25H25N7O2/c1-25(2,3)18-12-19(32(4)31-18)30-23(33)13-9-10-15-14(11-13)20(26)21(27-15)22-24(34)29-17-8-6-5-7-16(17)28-22/h5-12,27H,26H2,1-4H3,(H,29,34)(H,30,33). The molecular formula is C25H25N7O2. The fourth-order valence-electron chi connectivity index (χ4n) is 3.88. The van der Waals surface area contributed by atoms with Crippen molar-refractivity contribution in [1.82, 2.24) is 24.7 Å². The summed E-state index contributed by atoms with van der Waals surface area (Å²) in [5.74, 6) is 0.318. The van der Waals surface area contributed by atoms with E-state index in [1.54, 1.807) is 36.0 Å². The lowest BCUT2D eigenvalue weighted by molar-refractivity contribution is 0.102. The van der Waals surface area contributed by atoms with E-state index in [1.807, 2.05) is 24.3 Å². The number of nitrogens with zero attached hydrogens (tertiary/aromatic N) is 3. The van der Waals surface area contributed by atoms with Crippen LogP contribution in [0.3, 0.4) is 0 Å². The molecular weight excluding hydrogens is 430 g/mol. The first-order valence-electron chi connectivity index (χ1n) is 10.9. The average molecular weight is 456 g/mol. The van der Waals surface area contributed by atoms with Crippen LogP contribution in [0.1, 0.15) is 36.8 Å². The summed E-state index contributed by atoms with van der Waals surface area (Å²) in [6, 6.07) is 14.3. The first-order valence-corrected chi connectivity index (χ1v) is 10.9. The van der Waals surface area contributed by atoms with Crippen LogP contribution in [0.5, 0.6) is 0 Å². The molecule has 0 spiro atoms. The first-order chi connectivity index (χ1) is 16.1. The van der Waals surface area contributed by atoms with Gasteiger partial charge >= 0.3 is 0 Å². The van der Waals surface area contributed by atoms with Crippen LogP contribution in [-0.2, 0) is 12.5 Å². The van der Waals surface area contributed by atoms with E-state index in [2.05, 4.69) is 46.1 Å². The number of nitrogens with one attached hydrogen (secondary N) is 3. The van der Waals surface area contributed by atoms with Crippen molar-refractivity contribution in [3.8, 4) is 11.4 Å². The van der Waals surface area contributed by atoms with Gasteiger partial charge in [0.1, 0.15) is 5.82 Å². The quantitative estimate of drug-likeness (QED) is 0.327. The largest absolute Gasteiger partial charge is 0.396 e. The number of nitrogens with two attached hydrogens (primary N) is 1. The number of carbonyl (C=O) groups is 1. The maximum atomic E-state index is 13.0. The van der Waals surface area contributed by atoms with E-state index >= 15 is 0 Å². The number of fused-ring (bicyclic) bond motifs is 2. The zero-order valence-corrected chi connectivity index (χ0v) is 19.4. The van der Waals surface area contributed by atoms with E-state index in [0.29, 0.717) is 44.7 Å². The van der Waals surface area contributed by atoms with E-state index < -0.39 is 0 Å². The molecule has 0 radical (unpaired) electrons. The van der Waals surface area contributed by atoms with Crippen molar-refractivity contribution in [3.63, 3.8) is 0 Å². The molecule has 172 valence electrons. The van der Waals surface area contributed by atoms with Gasteiger partial charge in [-0.3, -0.25) is 14.3 Å². The molecule has 0 bridgehead atoms. The van der Waals surface area contributed by atoms with Gasteiger partial charge in [-0.1, -0.05) is 32.9 Å². The molecule has 0 aliphatic rings. The molecule has 1 amide bonds. The van der Waals surface area contributed by atoms with Gasteiger partial charge in [-0.05, 0) is 30.3 Å². The number of rotatable bonds is 3. The number of para-hydroxylation sites is 2. The van der Waals surface area contributed by atoms with Gasteiger partial charge in [0.2, 0.25) is 0 Å². The second kappa shape index (κ2) is 7.58. The number of aromatic nitrogens is 5. The molecule has 9 heteroatoms. The monoisotopic (exact) mass is 455 g/mol. The highest BCUT2D eigenvalue weighted by Crippen LogP contribution is 2.32. The topological polar surface area (TPSA) is 134 Å². The summed E-state index contributed by atoms with van der Waals surface area (Å²) in [5, 5.41) is 8.05. The van der Waals surface area contributed by atoms with Gasteiger partial charge in [-0.25, -0.2) is 4.98 Å². The minimum Gasteiger partial charge on any atom is -0.396 e. The Morgan fingerprint density at radius 3 is 2.56 bits per heavy atom. The first kappa shape index (κ1) is 21.4. The SMILES string of the molecule is Cn1nc(C(C)(C)C)cc1NC(=O)c1ccc2[nH]c(-c3nc4ccccc4[nH]c3=O)c(N)c2c1. The third-order valence-corrected chi connectivity index (χ3v) is 5.83. The summed E-state index contributed by atoms with van der Waals surface area (Å²) in [7, 11) is 1.79. The molecule has 0 saturated carbocycles. The number of nitrogen functional groups attached to an aromatic ring is 1. The van der Waals surface area contributed by atoms with Crippen molar-refractivity contribution >= 4 is 39.3 Å². The van der Waals surface area contributed by atoms with Crippen LogP contribution in [0.25, 0.3) is 33.3 Å². The zero-order valence-electron chi connectivity index (χ0n) is 19.4. The molecule has 0 aliphatic carbocycles. The van der Waals surface area contributed by atoms with Gasteiger partial charge in [0.25, 0.3) is 11.5 Å². The number of hydrogen-bond acceptors (Lipinski definition) is 5. The van der Waals surface area contributed by atoms with Crippen LogP contribution in [0.15, 0.2) is 53.3 Å². The molecule has 5 rings (SSSR count). The highest BCUT2D eigenvalue weighted by atomic mass is 16.1. The molecule has 3 heterocycles. The Bertz CT molecular complexity index is 1630. The molecule has 2 aromatic carbocycles. The second-order valence-electron chi connectivity index (χ2n) is 9.35. The number of aromatic amines is 2. The van der Waals surface area contributed by atoms with Crippen molar-refractivity contribution in [1.29, 1.82) is 0 Å². The van der Waals surface area contributed by atoms with Crippen molar-refractivity contribution < 1.29 is 4.79 Å². The summed E-state index contributed by atoms with van der Waals surface area (Å²) in [4.78, 5) is 36.2. The van der Waals surface area contributed by atoms with Crippen LogP contribution in [0.2, 0.25) is 0 Å². The van der Waals surface area contributed by atoms with Gasteiger partial charge in [-0.15, -0.1) is 0 Å². The number of carbonyl (C=O) groups excluding carboxylic acids is 1. The maximum absolute atomic E-state index is 13.0. The molecule has 0 fully saturated rings. The van der Waals surface area contributed by atoms with Gasteiger partial charge in [0.15, 0.2) is 5.69 Å². The summed E-state index contributed by atoms with van der Waals surface area (Å²) < 4.78 is 1.65. The normalized spacial score (nSPS) is 11.9. The van der Waals surface area contributed by atoms with Crippen LogP contribution in [0, 0.1) is 0 Å². The number of anilines is 2. The Balaban J connectivity index is 1.51. The Morgan fingerprint density at radius 2 is 1.82 bits per heavy atom. The molecule has 3 aromatic heterocycles. The number of aryl methyl sites for hydroxylation is 1. The molecule has 9 nitrogen and oxygen atoms in total. The summed E-state index contributed by atoms with van der Waals surface area (Å²) in [6.45, 7) is 6.20. The Kier molecular flexibility index (Phi) is 4.78. The lowest BCUT2D eigenvalue weighted by Crippen LogP contribution is -2.14. The van der Waals surface area contributed by atoms with Crippen LogP contribution < -0.4 is 16.6 Å². The van der Waals surface area contributed by atoms with Gasteiger partial charge in [-0.2, -0.15) is 5.10 Å². The molecule has 0 unspecified atom stereocenters. The van der Waals surface area contributed by atoms with Crippen LogP contribution in [0.4, 0.5) is 11.5 Å². The van der Waals surface area contributed by atoms with E-state index in [0.717, 1.165) is 5.69 Å². The fraction of sp³-hybridized carbons (Fsp3) is 0.200. The maximum Gasteiger partial charge on any atom is 0.276 e. The van der Waals surface area contributed by atoms with Gasteiger partial charge in [0.05, 0.1) is 28.1 Å². The summed E-state index contributed by atoms with van der Waals surface area (Å²) >= 11 is 0. The second-order valence-corrected chi connectivity index (χ2v) is 9.35. The summed E-state index contributed by atoms with van der Waals surface area (Å²) in [6.07, 6.45) is 0. The lowest BCUT2D eigenvalue weighted by atomic mass is 9.92. The molecule has 5 N–H and O–H groups in total.